The monoisotopic (exact) mass is 298 g/mol. The lowest BCUT2D eigenvalue weighted by Gasteiger charge is -2.06. The zero-order valence-corrected chi connectivity index (χ0v) is 12.1. The van der Waals surface area contributed by atoms with Gasteiger partial charge in [-0.3, -0.25) is 14.0 Å². The summed E-state index contributed by atoms with van der Waals surface area (Å²) in [6, 6.07) is 4.97. The Balaban J connectivity index is 1.84. The van der Waals surface area contributed by atoms with E-state index in [2.05, 4.69) is 25.5 Å². The fraction of sp³-hybridized carbons (Fsp3) is 0.214. The van der Waals surface area contributed by atoms with E-state index in [4.69, 9.17) is 0 Å². The summed E-state index contributed by atoms with van der Waals surface area (Å²) >= 11 is 0. The molecule has 0 saturated heterocycles. The first kappa shape index (κ1) is 13.9. The van der Waals surface area contributed by atoms with Crippen LogP contribution < -0.4 is 10.9 Å². The van der Waals surface area contributed by atoms with Crippen molar-refractivity contribution in [1.82, 2.24) is 29.9 Å². The molecular weight excluding hydrogens is 284 g/mol. The van der Waals surface area contributed by atoms with Gasteiger partial charge in [-0.15, -0.1) is 10.2 Å². The number of hydrogen-bond acceptors (Lipinski definition) is 5. The highest BCUT2D eigenvalue weighted by Gasteiger charge is 2.13. The van der Waals surface area contributed by atoms with Gasteiger partial charge in [0.25, 0.3) is 17.2 Å². The smallest absolute Gasteiger partial charge is 0.260 e. The molecule has 0 radical (unpaired) electrons. The van der Waals surface area contributed by atoms with Crippen molar-refractivity contribution in [3.8, 4) is 0 Å². The van der Waals surface area contributed by atoms with Gasteiger partial charge in [0.1, 0.15) is 5.56 Å². The van der Waals surface area contributed by atoms with Gasteiger partial charge in [-0.1, -0.05) is 0 Å². The summed E-state index contributed by atoms with van der Waals surface area (Å²) in [6.07, 6.45) is 1.47. The lowest BCUT2D eigenvalue weighted by atomic mass is 10.2. The number of nitrogens with one attached hydrogen (secondary N) is 2. The lowest BCUT2D eigenvalue weighted by Crippen LogP contribution is -2.29. The van der Waals surface area contributed by atoms with Crippen LogP contribution in [0.1, 0.15) is 27.6 Å². The number of aryl methyl sites for hydroxylation is 2. The third kappa shape index (κ3) is 2.46. The van der Waals surface area contributed by atoms with Gasteiger partial charge in [-0.2, -0.15) is 0 Å². The maximum atomic E-state index is 12.0. The van der Waals surface area contributed by atoms with Crippen molar-refractivity contribution in [2.75, 3.05) is 0 Å². The van der Waals surface area contributed by atoms with Crippen LogP contribution in [-0.2, 0) is 6.54 Å². The van der Waals surface area contributed by atoms with E-state index in [1.807, 2.05) is 19.9 Å². The predicted molar refractivity (Wildman–Crippen MR) is 78.5 cm³/mol. The van der Waals surface area contributed by atoms with Gasteiger partial charge < -0.3 is 10.3 Å². The Morgan fingerprint density at radius 1 is 1.36 bits per heavy atom. The molecule has 0 aliphatic carbocycles. The van der Waals surface area contributed by atoms with Crippen LogP contribution >= 0.6 is 0 Å². The maximum Gasteiger partial charge on any atom is 0.260 e. The summed E-state index contributed by atoms with van der Waals surface area (Å²) in [4.78, 5) is 30.3. The second kappa shape index (κ2) is 5.40. The molecule has 0 unspecified atom stereocenters. The van der Waals surface area contributed by atoms with Gasteiger partial charge in [0.2, 0.25) is 0 Å². The molecule has 3 aromatic heterocycles. The van der Waals surface area contributed by atoms with Crippen molar-refractivity contribution >= 4 is 11.7 Å². The number of carbonyl (C=O) groups is 1. The summed E-state index contributed by atoms with van der Waals surface area (Å²) in [5.74, 6) is 0.580. The predicted octanol–water partition coefficient (Wildman–Crippen LogP) is 0.359. The molecule has 0 aliphatic rings. The van der Waals surface area contributed by atoms with Gasteiger partial charge >= 0.3 is 0 Å². The average molecular weight is 298 g/mol. The lowest BCUT2D eigenvalue weighted by molar-refractivity contribution is 0.0948. The first-order valence-corrected chi connectivity index (χ1v) is 6.70. The zero-order valence-electron chi connectivity index (χ0n) is 12.1. The van der Waals surface area contributed by atoms with E-state index in [0.717, 1.165) is 11.4 Å². The number of H-pyrrole nitrogens is 1. The molecule has 3 rings (SSSR count). The van der Waals surface area contributed by atoms with Crippen molar-refractivity contribution < 1.29 is 4.79 Å². The Kier molecular flexibility index (Phi) is 3.42. The Labute approximate surface area is 125 Å². The number of pyridine rings is 1. The number of fused-ring (bicyclic) bond motifs is 1. The second-order valence-electron chi connectivity index (χ2n) is 4.89. The van der Waals surface area contributed by atoms with Crippen LogP contribution in [0.3, 0.4) is 0 Å². The molecule has 8 heteroatoms. The van der Waals surface area contributed by atoms with Gasteiger partial charge in [-0.25, -0.2) is 4.98 Å². The summed E-state index contributed by atoms with van der Waals surface area (Å²) in [6.45, 7) is 3.95. The molecule has 2 N–H and O–H groups in total. The number of nitrogens with zero attached hydrogens (tertiary/aromatic N) is 4. The molecule has 0 spiro atoms. The molecule has 0 atom stereocenters. The van der Waals surface area contributed by atoms with Crippen LogP contribution in [0.2, 0.25) is 0 Å². The molecule has 0 bridgehead atoms. The molecule has 112 valence electrons. The Bertz CT molecular complexity index is 911. The number of aromatic nitrogens is 5. The molecule has 0 fully saturated rings. The Morgan fingerprint density at radius 3 is 2.95 bits per heavy atom. The van der Waals surface area contributed by atoms with Gasteiger partial charge in [-0.05, 0) is 32.0 Å². The fourth-order valence-corrected chi connectivity index (χ4v) is 2.27. The number of amides is 1. The van der Waals surface area contributed by atoms with Crippen LogP contribution in [0.4, 0.5) is 0 Å². The van der Waals surface area contributed by atoms with Crippen LogP contribution in [0, 0.1) is 13.8 Å². The van der Waals surface area contributed by atoms with Gasteiger partial charge in [0, 0.05) is 17.6 Å². The summed E-state index contributed by atoms with van der Waals surface area (Å²) in [7, 11) is 0. The van der Waals surface area contributed by atoms with Crippen molar-refractivity contribution in [2.24, 2.45) is 0 Å². The minimum Gasteiger partial charge on any atom is -0.345 e. The molecule has 1 amide bonds. The third-order valence-electron chi connectivity index (χ3n) is 3.23. The van der Waals surface area contributed by atoms with Crippen LogP contribution in [-0.4, -0.2) is 30.5 Å². The van der Waals surface area contributed by atoms with E-state index < -0.39 is 11.5 Å². The van der Waals surface area contributed by atoms with Crippen LogP contribution in [0.5, 0.6) is 0 Å². The topological polar surface area (TPSA) is 105 Å². The third-order valence-corrected chi connectivity index (χ3v) is 3.23. The average Bonchev–Trinajstić information content (AvgIpc) is 2.88. The van der Waals surface area contributed by atoms with Crippen LogP contribution in [0.25, 0.3) is 5.78 Å². The van der Waals surface area contributed by atoms with E-state index in [1.165, 1.54) is 12.3 Å². The van der Waals surface area contributed by atoms with E-state index in [0.29, 0.717) is 11.6 Å². The quantitative estimate of drug-likeness (QED) is 0.726. The van der Waals surface area contributed by atoms with Crippen molar-refractivity contribution in [3.05, 3.63) is 57.5 Å². The van der Waals surface area contributed by atoms with Crippen molar-refractivity contribution in [1.29, 1.82) is 0 Å². The number of hydrogen-bond donors (Lipinski definition) is 2. The summed E-state index contributed by atoms with van der Waals surface area (Å²) in [5.41, 5.74) is 1.40. The normalized spacial score (nSPS) is 10.8. The molecule has 0 aliphatic heterocycles. The minimum atomic E-state index is -0.462. The number of rotatable bonds is 3. The Hall–Kier alpha value is -3.03. The van der Waals surface area contributed by atoms with Crippen LogP contribution in [0.15, 0.2) is 29.2 Å². The molecule has 0 aromatic carbocycles. The van der Waals surface area contributed by atoms with E-state index in [-0.39, 0.29) is 12.1 Å². The molecule has 8 nitrogen and oxygen atoms in total. The highest BCUT2D eigenvalue weighted by molar-refractivity contribution is 5.93. The zero-order chi connectivity index (χ0) is 15.7. The minimum absolute atomic E-state index is 0.0574. The molecule has 3 heterocycles. The molecular formula is C14H14N6O2. The molecule has 0 saturated carbocycles. The fourth-order valence-electron chi connectivity index (χ4n) is 2.27. The highest BCUT2D eigenvalue weighted by Crippen LogP contribution is 2.07. The summed E-state index contributed by atoms with van der Waals surface area (Å²) < 4.78 is 1.77. The Morgan fingerprint density at radius 2 is 2.18 bits per heavy atom. The SMILES string of the molecule is Cc1cc(C)n2c(CNC(=O)c3ccc[nH]c3=O)nnc2n1. The largest absolute Gasteiger partial charge is 0.345 e. The molecule has 22 heavy (non-hydrogen) atoms. The van der Waals surface area contributed by atoms with Crippen molar-refractivity contribution in [3.63, 3.8) is 0 Å². The van der Waals surface area contributed by atoms with Gasteiger partial charge in [0.05, 0.1) is 6.54 Å². The molecule has 3 aromatic rings. The number of carbonyl (C=O) groups excluding carboxylic acids is 1. The van der Waals surface area contributed by atoms with Crippen molar-refractivity contribution in [2.45, 2.75) is 20.4 Å². The summed E-state index contributed by atoms with van der Waals surface area (Å²) in [5, 5.41) is 10.7. The van der Waals surface area contributed by atoms with E-state index >= 15 is 0 Å². The van der Waals surface area contributed by atoms with Gasteiger partial charge in [0.15, 0.2) is 5.82 Å². The van der Waals surface area contributed by atoms with E-state index in [9.17, 15) is 9.59 Å². The number of aromatic amines is 1. The first-order chi connectivity index (χ1) is 10.6. The maximum absolute atomic E-state index is 12.0. The van der Waals surface area contributed by atoms with E-state index in [1.54, 1.807) is 10.5 Å². The first-order valence-electron chi connectivity index (χ1n) is 6.70. The second-order valence-corrected chi connectivity index (χ2v) is 4.89. The highest BCUT2D eigenvalue weighted by atomic mass is 16.2. The standard InChI is InChI=1S/C14H14N6O2/c1-8-6-9(2)20-11(18-19-14(20)17-8)7-16-13(22)10-4-3-5-15-12(10)21/h3-6H,7H2,1-2H3,(H,15,21)(H,16,22).